The summed E-state index contributed by atoms with van der Waals surface area (Å²) < 4.78 is 11.0. The number of aromatic nitrogens is 2. The van der Waals surface area contributed by atoms with Crippen molar-refractivity contribution in [2.75, 3.05) is 6.61 Å². The van der Waals surface area contributed by atoms with Gasteiger partial charge in [-0.25, -0.2) is 0 Å². The van der Waals surface area contributed by atoms with Gasteiger partial charge in [0.2, 0.25) is 5.89 Å². The summed E-state index contributed by atoms with van der Waals surface area (Å²) in [6.07, 6.45) is 6.81. The molecule has 0 bridgehead atoms. The smallest absolute Gasteiger partial charge is 0.227 e. The van der Waals surface area contributed by atoms with Crippen LogP contribution >= 0.6 is 12.4 Å². The summed E-state index contributed by atoms with van der Waals surface area (Å²) in [5.74, 6) is 2.26. The van der Waals surface area contributed by atoms with Crippen LogP contribution in [0, 0.1) is 0 Å². The molecular formula is C18H26ClN3O2. The minimum atomic E-state index is -0.375. The van der Waals surface area contributed by atoms with Gasteiger partial charge in [0.25, 0.3) is 0 Å². The van der Waals surface area contributed by atoms with Crippen molar-refractivity contribution < 1.29 is 9.26 Å². The lowest BCUT2D eigenvalue weighted by Crippen LogP contribution is -2.34. The lowest BCUT2D eigenvalue weighted by molar-refractivity contribution is 0.317. The fourth-order valence-electron chi connectivity index (χ4n) is 3.01. The summed E-state index contributed by atoms with van der Waals surface area (Å²) in [4.78, 5) is 4.51. The van der Waals surface area contributed by atoms with E-state index in [1.165, 1.54) is 5.56 Å². The number of nitrogens with zero attached hydrogens (tertiary/aromatic N) is 2. The third kappa shape index (κ3) is 4.48. The fraction of sp³-hybridized carbons (Fsp3) is 0.556. The predicted molar refractivity (Wildman–Crippen MR) is 95.5 cm³/mol. The number of hydrogen-bond acceptors (Lipinski definition) is 5. The van der Waals surface area contributed by atoms with Crippen molar-refractivity contribution in [3.8, 4) is 5.75 Å². The Balaban J connectivity index is 0.00000208. The van der Waals surface area contributed by atoms with Crippen LogP contribution in [0.2, 0.25) is 0 Å². The number of benzene rings is 1. The number of halogens is 1. The molecule has 1 fully saturated rings. The zero-order valence-corrected chi connectivity index (χ0v) is 15.0. The van der Waals surface area contributed by atoms with Crippen molar-refractivity contribution >= 4 is 12.4 Å². The Hall–Kier alpha value is -1.59. The van der Waals surface area contributed by atoms with Gasteiger partial charge in [-0.3, -0.25) is 0 Å². The standard InChI is InChI=1S/C18H25N3O2.ClH/c1-2-13-22-15-8-5-14(6-9-15)7-10-16-20-17(21-23-16)18(19)11-3-4-12-18;/h5-6,8-9H,2-4,7,10-13,19H2,1H3;1H. The molecule has 0 unspecified atom stereocenters. The molecule has 1 heterocycles. The van der Waals surface area contributed by atoms with E-state index in [2.05, 4.69) is 29.2 Å². The molecule has 1 aromatic heterocycles. The summed E-state index contributed by atoms with van der Waals surface area (Å²) in [6.45, 7) is 2.86. The Morgan fingerprint density at radius 1 is 1.17 bits per heavy atom. The predicted octanol–water partition coefficient (Wildman–Crippen LogP) is 3.79. The van der Waals surface area contributed by atoms with Gasteiger partial charge in [0, 0.05) is 6.42 Å². The molecule has 0 saturated heterocycles. The van der Waals surface area contributed by atoms with E-state index in [4.69, 9.17) is 15.0 Å². The van der Waals surface area contributed by atoms with E-state index < -0.39 is 0 Å². The van der Waals surface area contributed by atoms with Crippen LogP contribution in [0.25, 0.3) is 0 Å². The summed E-state index contributed by atoms with van der Waals surface area (Å²) in [5.41, 5.74) is 7.22. The van der Waals surface area contributed by atoms with E-state index in [0.29, 0.717) is 11.7 Å². The molecule has 132 valence electrons. The van der Waals surface area contributed by atoms with Crippen LogP contribution in [0.15, 0.2) is 28.8 Å². The first kappa shape index (κ1) is 18.7. The third-order valence-corrected chi connectivity index (χ3v) is 4.43. The van der Waals surface area contributed by atoms with E-state index in [0.717, 1.165) is 57.3 Å². The Kier molecular flexibility index (Phi) is 6.63. The lowest BCUT2D eigenvalue weighted by atomic mass is 9.99. The Bertz CT molecular complexity index is 621. The van der Waals surface area contributed by atoms with E-state index in [1.54, 1.807) is 0 Å². The quantitative estimate of drug-likeness (QED) is 0.821. The van der Waals surface area contributed by atoms with Gasteiger partial charge in [-0.2, -0.15) is 4.98 Å². The molecule has 1 saturated carbocycles. The van der Waals surface area contributed by atoms with Crippen molar-refractivity contribution in [2.24, 2.45) is 5.73 Å². The number of aryl methyl sites for hydroxylation is 2. The van der Waals surface area contributed by atoms with Gasteiger partial charge < -0.3 is 15.0 Å². The molecule has 0 spiro atoms. The SMILES string of the molecule is CCCOc1ccc(CCc2nc(C3(N)CCCC3)no2)cc1.Cl. The second-order valence-electron chi connectivity index (χ2n) is 6.37. The highest BCUT2D eigenvalue weighted by Gasteiger charge is 2.35. The first-order chi connectivity index (χ1) is 11.2. The van der Waals surface area contributed by atoms with Crippen LogP contribution in [-0.4, -0.2) is 16.7 Å². The first-order valence-corrected chi connectivity index (χ1v) is 8.53. The maximum absolute atomic E-state index is 6.36. The molecule has 0 aliphatic heterocycles. The van der Waals surface area contributed by atoms with Crippen LogP contribution in [0.5, 0.6) is 5.75 Å². The summed E-state index contributed by atoms with van der Waals surface area (Å²) in [6, 6.07) is 8.20. The zero-order chi connectivity index (χ0) is 16.1. The largest absolute Gasteiger partial charge is 0.494 e. The monoisotopic (exact) mass is 351 g/mol. The van der Waals surface area contributed by atoms with Crippen molar-refractivity contribution in [3.05, 3.63) is 41.5 Å². The van der Waals surface area contributed by atoms with Crippen molar-refractivity contribution in [1.82, 2.24) is 10.1 Å². The highest BCUT2D eigenvalue weighted by atomic mass is 35.5. The van der Waals surface area contributed by atoms with Crippen LogP contribution in [0.1, 0.15) is 56.3 Å². The summed E-state index contributed by atoms with van der Waals surface area (Å²) in [7, 11) is 0. The molecule has 2 aromatic rings. The summed E-state index contributed by atoms with van der Waals surface area (Å²) in [5, 5.41) is 4.10. The number of rotatable bonds is 7. The Morgan fingerprint density at radius 3 is 2.54 bits per heavy atom. The van der Waals surface area contributed by atoms with Gasteiger partial charge in [-0.1, -0.05) is 37.1 Å². The molecule has 0 amide bonds. The van der Waals surface area contributed by atoms with Crippen LogP contribution in [-0.2, 0) is 18.4 Å². The van der Waals surface area contributed by atoms with Crippen molar-refractivity contribution in [3.63, 3.8) is 0 Å². The molecule has 6 heteroatoms. The van der Waals surface area contributed by atoms with Gasteiger partial charge in [0.05, 0.1) is 12.1 Å². The molecule has 0 atom stereocenters. The topological polar surface area (TPSA) is 74.2 Å². The molecule has 2 N–H and O–H groups in total. The lowest BCUT2D eigenvalue weighted by Gasteiger charge is -2.17. The zero-order valence-electron chi connectivity index (χ0n) is 14.2. The number of nitrogens with two attached hydrogens (primary N) is 1. The van der Waals surface area contributed by atoms with Gasteiger partial charge in [-0.05, 0) is 43.4 Å². The maximum atomic E-state index is 6.36. The molecule has 5 nitrogen and oxygen atoms in total. The van der Waals surface area contributed by atoms with Crippen LogP contribution in [0.3, 0.4) is 0 Å². The molecule has 1 aliphatic carbocycles. The van der Waals surface area contributed by atoms with Gasteiger partial charge in [-0.15, -0.1) is 12.4 Å². The average molecular weight is 352 g/mol. The highest BCUT2D eigenvalue weighted by molar-refractivity contribution is 5.85. The molecule has 1 aliphatic rings. The minimum absolute atomic E-state index is 0. The van der Waals surface area contributed by atoms with Crippen molar-refractivity contribution in [2.45, 2.75) is 57.4 Å². The van der Waals surface area contributed by atoms with Crippen molar-refractivity contribution in [1.29, 1.82) is 0 Å². The van der Waals surface area contributed by atoms with E-state index in [9.17, 15) is 0 Å². The molecule has 0 radical (unpaired) electrons. The maximum Gasteiger partial charge on any atom is 0.227 e. The Morgan fingerprint density at radius 2 is 1.88 bits per heavy atom. The van der Waals surface area contributed by atoms with E-state index in [1.807, 2.05) is 12.1 Å². The normalized spacial score (nSPS) is 15.9. The second-order valence-corrected chi connectivity index (χ2v) is 6.37. The average Bonchev–Trinajstić information content (AvgIpc) is 3.22. The molecule has 3 rings (SSSR count). The Labute approximate surface area is 149 Å². The van der Waals surface area contributed by atoms with E-state index in [-0.39, 0.29) is 17.9 Å². The molecular weight excluding hydrogens is 326 g/mol. The van der Waals surface area contributed by atoms with Gasteiger partial charge in [0.1, 0.15) is 5.75 Å². The highest BCUT2D eigenvalue weighted by Crippen LogP contribution is 2.34. The van der Waals surface area contributed by atoms with Crippen LogP contribution in [0.4, 0.5) is 0 Å². The minimum Gasteiger partial charge on any atom is -0.494 e. The summed E-state index contributed by atoms with van der Waals surface area (Å²) >= 11 is 0. The molecule has 1 aromatic carbocycles. The first-order valence-electron chi connectivity index (χ1n) is 8.53. The van der Waals surface area contributed by atoms with Gasteiger partial charge >= 0.3 is 0 Å². The van der Waals surface area contributed by atoms with Crippen LogP contribution < -0.4 is 10.5 Å². The number of hydrogen-bond donors (Lipinski definition) is 1. The third-order valence-electron chi connectivity index (χ3n) is 4.43. The van der Waals surface area contributed by atoms with E-state index >= 15 is 0 Å². The second kappa shape index (κ2) is 8.49. The van der Waals surface area contributed by atoms with Gasteiger partial charge in [0.15, 0.2) is 5.82 Å². The number of ether oxygens (including phenoxy) is 1. The molecule has 24 heavy (non-hydrogen) atoms. The fourth-order valence-corrected chi connectivity index (χ4v) is 3.01.